The third-order valence-corrected chi connectivity index (χ3v) is 3.88. The lowest BCUT2D eigenvalue weighted by Gasteiger charge is -2.15. The van der Waals surface area contributed by atoms with Gasteiger partial charge in [-0.25, -0.2) is 4.98 Å². The van der Waals surface area contributed by atoms with Crippen molar-refractivity contribution >= 4 is 27.6 Å². The number of aliphatic hydroxyl groups is 2. The van der Waals surface area contributed by atoms with Gasteiger partial charge in [0.05, 0.1) is 23.6 Å². The predicted octanol–water partition coefficient (Wildman–Crippen LogP) is -0.924. The van der Waals surface area contributed by atoms with E-state index in [0.29, 0.717) is 10.3 Å². The highest BCUT2D eigenvalue weighted by atomic mass is 32.1. The van der Waals surface area contributed by atoms with Crippen LogP contribution in [0.25, 0.3) is 10.3 Å². The summed E-state index contributed by atoms with van der Waals surface area (Å²) in [6.45, 7) is -0.207. The standard InChI is InChI=1S/C10H12N4O4S/c11-9-12-2-6-7(13-9)14(10(17)19-6)8-5(16)1-4(3-15)18-8/h2,4-5,8,15-16H,1,3H2,(H2,11,12,13)/t4-,5+,8+/m0/s1. The topological polar surface area (TPSA) is 123 Å². The second kappa shape index (κ2) is 4.53. The molecule has 1 aliphatic heterocycles. The molecule has 102 valence electrons. The second-order valence-corrected chi connectivity index (χ2v) is 5.28. The number of aromatic nitrogens is 3. The van der Waals surface area contributed by atoms with Crippen LogP contribution < -0.4 is 10.6 Å². The quantitative estimate of drug-likeness (QED) is 0.651. The largest absolute Gasteiger partial charge is 0.394 e. The van der Waals surface area contributed by atoms with Crippen LogP contribution in [0.2, 0.25) is 0 Å². The number of thiazole rings is 1. The Morgan fingerprint density at radius 3 is 3.11 bits per heavy atom. The number of nitrogens with two attached hydrogens (primary N) is 1. The van der Waals surface area contributed by atoms with Gasteiger partial charge in [-0.2, -0.15) is 4.98 Å². The third kappa shape index (κ3) is 2.00. The van der Waals surface area contributed by atoms with Crippen LogP contribution in [0.3, 0.4) is 0 Å². The van der Waals surface area contributed by atoms with Gasteiger partial charge in [-0.1, -0.05) is 11.3 Å². The average molecular weight is 284 g/mol. The van der Waals surface area contributed by atoms with Gasteiger partial charge in [0, 0.05) is 6.42 Å². The van der Waals surface area contributed by atoms with E-state index >= 15 is 0 Å². The molecule has 19 heavy (non-hydrogen) atoms. The lowest BCUT2D eigenvalue weighted by molar-refractivity contribution is -0.0495. The van der Waals surface area contributed by atoms with Crippen molar-refractivity contribution in [2.75, 3.05) is 12.3 Å². The molecule has 0 saturated carbocycles. The molecule has 1 saturated heterocycles. The van der Waals surface area contributed by atoms with Crippen molar-refractivity contribution in [3.8, 4) is 0 Å². The number of hydrogen-bond acceptors (Lipinski definition) is 8. The molecular formula is C10H12N4O4S. The summed E-state index contributed by atoms with van der Waals surface area (Å²) in [7, 11) is 0. The first-order chi connectivity index (χ1) is 9.10. The van der Waals surface area contributed by atoms with Gasteiger partial charge in [0.1, 0.15) is 6.10 Å². The molecule has 0 aliphatic carbocycles. The molecule has 0 bridgehead atoms. The van der Waals surface area contributed by atoms with Gasteiger partial charge < -0.3 is 20.7 Å². The maximum absolute atomic E-state index is 12.0. The zero-order valence-corrected chi connectivity index (χ0v) is 10.6. The SMILES string of the molecule is Nc1ncc2sc(=O)n([C@@H]3O[C@H](CO)C[C@H]3O)c2n1. The Morgan fingerprint density at radius 1 is 1.63 bits per heavy atom. The lowest BCUT2D eigenvalue weighted by atomic mass is 10.2. The van der Waals surface area contributed by atoms with Crippen molar-refractivity contribution < 1.29 is 14.9 Å². The van der Waals surface area contributed by atoms with Crippen LogP contribution in [-0.4, -0.2) is 43.6 Å². The van der Waals surface area contributed by atoms with E-state index in [4.69, 9.17) is 15.6 Å². The number of fused-ring (bicyclic) bond motifs is 1. The van der Waals surface area contributed by atoms with E-state index in [0.717, 1.165) is 11.3 Å². The van der Waals surface area contributed by atoms with E-state index in [1.165, 1.54) is 10.8 Å². The summed E-state index contributed by atoms with van der Waals surface area (Å²) >= 11 is 0.958. The summed E-state index contributed by atoms with van der Waals surface area (Å²) in [6, 6.07) is 0. The molecule has 1 aliphatic rings. The Bertz CT molecular complexity index is 669. The lowest BCUT2D eigenvalue weighted by Crippen LogP contribution is -2.27. The Morgan fingerprint density at radius 2 is 2.42 bits per heavy atom. The summed E-state index contributed by atoms with van der Waals surface area (Å²) in [5.41, 5.74) is 5.85. The van der Waals surface area contributed by atoms with Crippen molar-refractivity contribution in [3.63, 3.8) is 0 Å². The first-order valence-corrected chi connectivity index (χ1v) is 6.49. The molecule has 3 heterocycles. The van der Waals surface area contributed by atoms with Crippen molar-refractivity contribution in [2.24, 2.45) is 0 Å². The zero-order valence-electron chi connectivity index (χ0n) is 9.76. The number of nitrogen functional groups attached to an aromatic ring is 1. The molecule has 0 unspecified atom stereocenters. The smallest absolute Gasteiger partial charge is 0.311 e. The van der Waals surface area contributed by atoms with Crippen LogP contribution >= 0.6 is 11.3 Å². The van der Waals surface area contributed by atoms with Gasteiger partial charge in [-0.15, -0.1) is 0 Å². The molecule has 0 aromatic carbocycles. The van der Waals surface area contributed by atoms with Gasteiger partial charge in [0.2, 0.25) is 5.95 Å². The van der Waals surface area contributed by atoms with Gasteiger partial charge in [-0.3, -0.25) is 9.36 Å². The highest BCUT2D eigenvalue weighted by Crippen LogP contribution is 2.30. The maximum atomic E-state index is 12.0. The van der Waals surface area contributed by atoms with Crippen LogP contribution in [0.1, 0.15) is 12.6 Å². The van der Waals surface area contributed by atoms with Crippen LogP contribution in [0.15, 0.2) is 11.0 Å². The third-order valence-electron chi connectivity index (χ3n) is 3.00. The van der Waals surface area contributed by atoms with Crippen molar-refractivity contribution in [2.45, 2.75) is 24.9 Å². The Hall–Kier alpha value is -1.55. The molecular weight excluding hydrogens is 272 g/mol. The predicted molar refractivity (Wildman–Crippen MR) is 67.7 cm³/mol. The fourth-order valence-electron chi connectivity index (χ4n) is 2.15. The van der Waals surface area contributed by atoms with Gasteiger partial charge >= 0.3 is 4.87 Å². The van der Waals surface area contributed by atoms with Crippen LogP contribution in [0, 0.1) is 0 Å². The Kier molecular flexibility index (Phi) is 2.97. The number of nitrogens with zero attached hydrogens (tertiary/aromatic N) is 3. The van der Waals surface area contributed by atoms with Crippen LogP contribution in [-0.2, 0) is 4.74 Å². The van der Waals surface area contributed by atoms with Crippen LogP contribution in [0.5, 0.6) is 0 Å². The highest BCUT2D eigenvalue weighted by Gasteiger charge is 2.37. The van der Waals surface area contributed by atoms with Gasteiger partial charge in [0.15, 0.2) is 11.9 Å². The van der Waals surface area contributed by atoms with E-state index in [1.54, 1.807) is 0 Å². The molecule has 0 amide bonds. The zero-order chi connectivity index (χ0) is 13.6. The summed E-state index contributed by atoms with van der Waals surface area (Å²) in [5, 5.41) is 19.0. The van der Waals surface area contributed by atoms with E-state index in [-0.39, 0.29) is 23.8 Å². The molecule has 9 heteroatoms. The molecule has 3 atom stereocenters. The normalized spacial score (nSPS) is 27.2. The van der Waals surface area contributed by atoms with E-state index < -0.39 is 18.4 Å². The fourth-order valence-corrected chi connectivity index (χ4v) is 2.97. The second-order valence-electron chi connectivity index (χ2n) is 4.29. The molecule has 0 spiro atoms. The van der Waals surface area contributed by atoms with E-state index in [9.17, 15) is 9.90 Å². The van der Waals surface area contributed by atoms with Gasteiger partial charge in [-0.05, 0) is 0 Å². The van der Waals surface area contributed by atoms with Gasteiger partial charge in [0.25, 0.3) is 0 Å². The Balaban J connectivity index is 2.12. The van der Waals surface area contributed by atoms with Crippen molar-refractivity contribution in [3.05, 3.63) is 15.9 Å². The van der Waals surface area contributed by atoms with Crippen molar-refractivity contribution in [1.82, 2.24) is 14.5 Å². The molecule has 2 aromatic heterocycles. The minimum absolute atomic E-state index is 0.0465. The van der Waals surface area contributed by atoms with E-state index in [1.807, 2.05) is 0 Å². The van der Waals surface area contributed by atoms with Crippen LogP contribution in [0.4, 0.5) is 5.95 Å². The molecule has 3 rings (SSSR count). The maximum Gasteiger partial charge on any atom is 0.311 e. The number of ether oxygens (including phenoxy) is 1. The number of anilines is 1. The average Bonchev–Trinajstić information content (AvgIpc) is 2.88. The first-order valence-electron chi connectivity index (χ1n) is 5.68. The Labute approximate surface area is 111 Å². The minimum atomic E-state index is -0.871. The molecule has 0 radical (unpaired) electrons. The summed E-state index contributed by atoms with van der Waals surface area (Å²) in [6.07, 6.45) is -0.478. The molecule has 2 aromatic rings. The van der Waals surface area contributed by atoms with E-state index in [2.05, 4.69) is 9.97 Å². The first kappa shape index (κ1) is 12.5. The molecule has 1 fully saturated rings. The van der Waals surface area contributed by atoms with Crippen molar-refractivity contribution in [1.29, 1.82) is 0 Å². The number of hydrogen-bond donors (Lipinski definition) is 3. The minimum Gasteiger partial charge on any atom is -0.394 e. The molecule has 8 nitrogen and oxygen atoms in total. The fraction of sp³-hybridized carbons (Fsp3) is 0.500. The molecule has 4 N–H and O–H groups in total. The summed E-state index contributed by atoms with van der Waals surface area (Å²) in [4.78, 5) is 19.5. The monoisotopic (exact) mass is 284 g/mol. The number of aliphatic hydroxyl groups excluding tert-OH is 2. The summed E-state index contributed by atoms with van der Waals surface area (Å²) < 4.78 is 7.30. The summed E-state index contributed by atoms with van der Waals surface area (Å²) in [5.74, 6) is 0.0465. The number of rotatable bonds is 2. The highest BCUT2D eigenvalue weighted by molar-refractivity contribution is 7.16.